The number of carbonyl (C=O) groups is 7. The second-order valence-electron chi connectivity index (χ2n) is 12.1. The van der Waals surface area contributed by atoms with Crippen molar-refractivity contribution in [1.29, 1.82) is 0 Å². The summed E-state index contributed by atoms with van der Waals surface area (Å²) in [7, 11) is 5.57. The molecule has 0 aromatic heterocycles. The second kappa shape index (κ2) is 35.3. The number of hydrogen-bond donors (Lipinski definition) is 0. The van der Waals surface area contributed by atoms with Crippen molar-refractivity contribution >= 4 is 111 Å². The maximum absolute atomic E-state index is 12.4. The number of rotatable bonds is 8. The van der Waals surface area contributed by atoms with Gasteiger partial charge in [0.05, 0.1) is 28.4 Å². The summed E-state index contributed by atoms with van der Waals surface area (Å²) in [6, 6.07) is 24.1. The third kappa shape index (κ3) is 22.4. The van der Waals surface area contributed by atoms with E-state index in [2.05, 4.69) is 99.3 Å². The molecular weight excluding hydrogens is 931 g/mol. The fourth-order valence-corrected chi connectivity index (χ4v) is 6.68. The number of esters is 4. The van der Waals surface area contributed by atoms with Gasteiger partial charge in [-0.1, -0.05) is 112 Å². The summed E-state index contributed by atoms with van der Waals surface area (Å²) in [5.74, 6) is -4.95. The van der Waals surface area contributed by atoms with Gasteiger partial charge in [0.15, 0.2) is 11.6 Å². The molecule has 0 heterocycles. The van der Waals surface area contributed by atoms with Gasteiger partial charge in [-0.2, -0.15) is 7.11 Å². The number of carbonyl (C=O) groups excluding carboxylic acids is 7. The molecule has 2 aliphatic carbocycles. The second-order valence-corrected chi connectivity index (χ2v) is 13.2. The fraction of sp³-hybridized carbons (Fsp3) is 0.419. The average molecular weight is 987 g/mol. The molecule has 12 nitrogen and oxygen atoms in total. The maximum atomic E-state index is 12.4. The molecular formula is C43H55Br2CaNaO12. The van der Waals surface area contributed by atoms with Crippen molar-refractivity contribution in [1.82, 2.24) is 0 Å². The van der Waals surface area contributed by atoms with Crippen LogP contribution in [0.1, 0.15) is 69.3 Å². The van der Waals surface area contributed by atoms with E-state index in [1.54, 1.807) is 0 Å². The van der Waals surface area contributed by atoms with E-state index < -0.39 is 47.3 Å². The van der Waals surface area contributed by atoms with Gasteiger partial charge in [-0.05, 0) is 59.1 Å². The molecule has 59 heavy (non-hydrogen) atoms. The Labute approximate surface area is 419 Å². The van der Waals surface area contributed by atoms with Gasteiger partial charge in [0.1, 0.15) is 30.5 Å². The van der Waals surface area contributed by atoms with Gasteiger partial charge in [0.25, 0.3) is 0 Å². The Bertz CT molecular complexity index is 1670. The average Bonchev–Trinajstić information content (AvgIpc) is 3.52. The molecule has 0 spiro atoms. The summed E-state index contributed by atoms with van der Waals surface area (Å²) < 4.78 is 17.8. The van der Waals surface area contributed by atoms with Crippen molar-refractivity contribution < 1.29 is 90.0 Å². The Morgan fingerprint density at radius 3 is 1.22 bits per heavy atom. The zero-order valence-corrected chi connectivity index (χ0v) is 41.4. The van der Waals surface area contributed by atoms with E-state index in [0.29, 0.717) is 5.78 Å². The Morgan fingerprint density at radius 1 is 0.593 bits per heavy atom. The Balaban J connectivity index is -0.000000227. The quantitative estimate of drug-likeness (QED) is 0.0807. The van der Waals surface area contributed by atoms with Gasteiger partial charge in [0, 0.05) is 23.5 Å². The van der Waals surface area contributed by atoms with Crippen molar-refractivity contribution in [2.75, 3.05) is 35.5 Å². The van der Waals surface area contributed by atoms with Crippen molar-refractivity contribution in [2.24, 2.45) is 11.8 Å². The molecule has 0 aliphatic heterocycles. The molecule has 0 saturated heterocycles. The molecule has 2 atom stereocenters. The molecule has 16 heteroatoms. The minimum absolute atomic E-state index is 0. The number of alkyl halides is 2. The van der Waals surface area contributed by atoms with Crippen LogP contribution in [0.3, 0.4) is 0 Å². The predicted molar refractivity (Wildman–Crippen MR) is 229 cm³/mol. The molecule has 0 N–H and O–H groups in total. The van der Waals surface area contributed by atoms with Crippen molar-refractivity contribution in [2.45, 2.75) is 69.5 Å². The molecule has 3 aromatic carbocycles. The van der Waals surface area contributed by atoms with Crippen LogP contribution in [0.5, 0.6) is 0 Å². The van der Waals surface area contributed by atoms with Crippen molar-refractivity contribution in [3.05, 3.63) is 106 Å². The Kier molecular flexibility index (Phi) is 36.6. The van der Waals surface area contributed by atoms with Crippen LogP contribution in [0.15, 0.2) is 72.8 Å². The monoisotopic (exact) mass is 984 g/mol. The van der Waals surface area contributed by atoms with Crippen LogP contribution in [0.2, 0.25) is 0 Å². The summed E-state index contributed by atoms with van der Waals surface area (Å²) in [5, 5.41) is 10.1. The van der Waals surface area contributed by atoms with Gasteiger partial charge in [-0.15, -0.1) is 0 Å². The third-order valence-electron chi connectivity index (χ3n) is 8.63. The molecule has 0 amide bonds. The van der Waals surface area contributed by atoms with E-state index >= 15 is 0 Å². The van der Waals surface area contributed by atoms with E-state index in [0.717, 1.165) is 54.6 Å². The smallest absolute Gasteiger partial charge is 1.00 e. The van der Waals surface area contributed by atoms with Crippen LogP contribution in [0, 0.1) is 11.8 Å². The van der Waals surface area contributed by atoms with Crippen molar-refractivity contribution in [3.8, 4) is 0 Å². The number of ether oxygens (including phenoxy) is 4. The number of hydrogen-bond acceptors (Lipinski definition) is 12. The van der Waals surface area contributed by atoms with Gasteiger partial charge in [-0.3, -0.25) is 33.6 Å². The molecule has 5 rings (SSSR count). The standard InChI is InChI=1S/C15H16O5.C11H12O.C8H8Br2.C7H10O5.CH3O.CH4.Ca.Na.2H/c1-19-14(17)11-7-9-5-3-4-6-10(9)8-12(13(11)16)15(18)20-2;12-11-7-5-9-3-1-2-4-10(9)6-8-11;9-5-7-3-1-2-4-8(7)6-10;1-11-6(9)3-5(8)4-7(10)12-2;1-2;;;;;/h3-6,11-12H,7-8H2,1-2H3;1-4H,5-8H2;1-4H,5-6H2;3-4H2,1-2H3;1H3;1H4;;;;/q;;;;-1;;+2;+1;2*-1. The van der Waals surface area contributed by atoms with Crippen LogP contribution in [-0.2, 0) is 88.9 Å². The number of fused-ring (bicyclic) bond motifs is 2. The zero-order valence-electron chi connectivity index (χ0n) is 36.0. The topological polar surface area (TPSA) is 179 Å². The summed E-state index contributed by atoms with van der Waals surface area (Å²) in [6.45, 7) is 0. The maximum Gasteiger partial charge on any atom is 2.00 e. The first-order valence-corrected chi connectivity index (χ1v) is 19.8. The van der Waals surface area contributed by atoms with Crippen LogP contribution in [-0.4, -0.2) is 115 Å². The van der Waals surface area contributed by atoms with E-state index in [9.17, 15) is 33.6 Å². The number of halogens is 2. The van der Waals surface area contributed by atoms with Crippen LogP contribution >= 0.6 is 31.9 Å². The van der Waals surface area contributed by atoms with E-state index in [1.807, 2.05) is 24.3 Å². The summed E-state index contributed by atoms with van der Waals surface area (Å²) in [5.41, 5.74) is 7.23. The molecule has 0 saturated carbocycles. The molecule has 0 fully saturated rings. The van der Waals surface area contributed by atoms with Gasteiger partial charge < -0.3 is 26.9 Å². The molecule has 0 bridgehead atoms. The predicted octanol–water partition coefficient (Wildman–Crippen LogP) is 2.69. The number of methoxy groups -OCH3 is 4. The minimum atomic E-state index is -0.951. The van der Waals surface area contributed by atoms with Gasteiger partial charge in [0.2, 0.25) is 0 Å². The number of benzene rings is 3. The first kappa shape index (κ1) is 61.0. The number of aryl methyl sites for hydroxylation is 2. The Morgan fingerprint density at radius 2 is 0.915 bits per heavy atom. The van der Waals surface area contributed by atoms with E-state index in [1.165, 1.54) is 50.7 Å². The van der Waals surface area contributed by atoms with Crippen LogP contribution < -0.4 is 34.7 Å². The van der Waals surface area contributed by atoms with E-state index in [4.69, 9.17) is 5.11 Å². The largest absolute Gasteiger partial charge is 2.00 e. The molecule has 0 radical (unpaired) electrons. The molecule has 3 aromatic rings. The number of ketones is 3. The zero-order chi connectivity index (χ0) is 42.0. The van der Waals surface area contributed by atoms with Crippen LogP contribution in [0.25, 0.3) is 0 Å². The van der Waals surface area contributed by atoms with Crippen LogP contribution in [0.4, 0.5) is 0 Å². The fourth-order valence-electron chi connectivity index (χ4n) is 5.59. The Hall–Kier alpha value is -2.27. The normalized spacial score (nSPS) is 14.3. The minimum Gasteiger partial charge on any atom is -1.00 e. The summed E-state index contributed by atoms with van der Waals surface area (Å²) in [4.78, 5) is 78.9. The number of Topliss-reactive ketones (excluding diaryl/α,β-unsaturated/α-hetero) is 3. The molecule has 316 valence electrons. The SMILES string of the molecule is BrCc1ccccc1CBr.C.COC(=O)C1Cc2ccccc2CC(C(=O)OC)C1=O.COC(=O)CC(=O)CC(=O)OC.C[O-].O=C1CCc2ccccc2CC1.[Ca+2].[H-].[H-].[Na+]. The third-order valence-corrected chi connectivity index (χ3v) is 9.84. The summed E-state index contributed by atoms with van der Waals surface area (Å²) in [6.07, 6.45) is 3.10. The first-order valence-electron chi connectivity index (χ1n) is 17.5. The first-order chi connectivity index (χ1) is 26.9. The van der Waals surface area contributed by atoms with Gasteiger partial charge >= 0.3 is 91.2 Å². The van der Waals surface area contributed by atoms with Crippen molar-refractivity contribution in [3.63, 3.8) is 0 Å². The summed E-state index contributed by atoms with van der Waals surface area (Å²) >= 11 is 6.86. The molecule has 2 unspecified atom stereocenters. The van der Waals surface area contributed by atoms with Gasteiger partial charge in [-0.25, -0.2) is 0 Å². The van der Waals surface area contributed by atoms with E-state index in [-0.39, 0.29) is 103 Å². The molecule has 2 aliphatic rings.